The molecule has 2 amide bonds. The van der Waals surface area contributed by atoms with Crippen LogP contribution in [0.5, 0.6) is 5.75 Å². The highest BCUT2D eigenvalue weighted by molar-refractivity contribution is 5.90. The van der Waals surface area contributed by atoms with Crippen LogP contribution in [0.15, 0.2) is 24.5 Å². The number of ether oxygens (including phenoxy) is 1. The number of carbonyl (C=O) groups is 1. The molecule has 2 heterocycles. The molecule has 0 spiro atoms. The number of hydrogen-bond acceptors (Lipinski definition) is 3. The van der Waals surface area contributed by atoms with Gasteiger partial charge in [0.05, 0.1) is 19.3 Å². The van der Waals surface area contributed by atoms with Crippen molar-refractivity contribution < 1.29 is 9.53 Å². The van der Waals surface area contributed by atoms with Crippen molar-refractivity contribution in [3.63, 3.8) is 0 Å². The summed E-state index contributed by atoms with van der Waals surface area (Å²) in [4.78, 5) is 14.6. The topological polar surface area (TPSA) is 59.4 Å². The van der Waals surface area contributed by atoms with Crippen LogP contribution in [-0.4, -0.2) is 40.9 Å². The number of aryl methyl sites for hydroxylation is 2. The van der Waals surface area contributed by atoms with Crippen molar-refractivity contribution in [1.82, 2.24) is 14.7 Å². The van der Waals surface area contributed by atoms with Crippen molar-refractivity contribution in [2.75, 3.05) is 25.5 Å². The van der Waals surface area contributed by atoms with E-state index in [1.165, 1.54) is 0 Å². The first-order chi connectivity index (χ1) is 12.0. The van der Waals surface area contributed by atoms with Crippen LogP contribution < -0.4 is 10.1 Å². The summed E-state index contributed by atoms with van der Waals surface area (Å²) in [6.45, 7) is 7.43. The SMILES string of the molecule is COc1cc(C)cc(NC(=O)N2CCC[C@H](n3cc(C)cn3)C2)c1C. The van der Waals surface area contributed by atoms with Gasteiger partial charge < -0.3 is 15.0 Å². The number of likely N-dealkylation sites (tertiary alicyclic amines) is 1. The second kappa shape index (κ2) is 7.17. The zero-order chi connectivity index (χ0) is 18.0. The number of hydrogen-bond donors (Lipinski definition) is 1. The molecule has 0 bridgehead atoms. The van der Waals surface area contributed by atoms with E-state index in [1.54, 1.807) is 7.11 Å². The van der Waals surface area contributed by atoms with Crippen molar-refractivity contribution in [1.29, 1.82) is 0 Å². The number of nitrogens with zero attached hydrogens (tertiary/aromatic N) is 3. The molecule has 1 aliphatic rings. The Bertz CT molecular complexity index is 769. The molecular weight excluding hydrogens is 316 g/mol. The second-order valence-corrected chi connectivity index (χ2v) is 6.81. The fourth-order valence-electron chi connectivity index (χ4n) is 3.35. The number of urea groups is 1. The lowest BCUT2D eigenvalue weighted by atomic mass is 10.1. The Morgan fingerprint density at radius 1 is 1.28 bits per heavy atom. The molecule has 0 radical (unpaired) electrons. The molecule has 6 nitrogen and oxygen atoms in total. The van der Waals surface area contributed by atoms with Crippen LogP contribution in [0.2, 0.25) is 0 Å². The molecular formula is C19H26N4O2. The maximum Gasteiger partial charge on any atom is 0.321 e. The zero-order valence-corrected chi connectivity index (χ0v) is 15.4. The molecule has 6 heteroatoms. The molecule has 1 N–H and O–H groups in total. The van der Waals surface area contributed by atoms with Crippen molar-refractivity contribution >= 4 is 11.7 Å². The van der Waals surface area contributed by atoms with Gasteiger partial charge in [0.25, 0.3) is 0 Å². The van der Waals surface area contributed by atoms with Gasteiger partial charge in [-0.05, 0) is 56.9 Å². The van der Waals surface area contributed by atoms with Gasteiger partial charge in [0.15, 0.2) is 0 Å². The average molecular weight is 342 g/mol. The highest BCUT2D eigenvalue weighted by Gasteiger charge is 2.25. The molecule has 1 aromatic heterocycles. The lowest BCUT2D eigenvalue weighted by Crippen LogP contribution is -2.43. The van der Waals surface area contributed by atoms with E-state index < -0.39 is 0 Å². The summed E-state index contributed by atoms with van der Waals surface area (Å²) in [5, 5.41) is 7.46. The lowest BCUT2D eigenvalue weighted by Gasteiger charge is -2.33. The molecule has 3 rings (SSSR count). The third kappa shape index (κ3) is 3.78. The van der Waals surface area contributed by atoms with Gasteiger partial charge >= 0.3 is 6.03 Å². The second-order valence-electron chi connectivity index (χ2n) is 6.81. The minimum atomic E-state index is -0.0654. The van der Waals surface area contributed by atoms with Crippen molar-refractivity contribution in [2.24, 2.45) is 0 Å². The van der Waals surface area contributed by atoms with Crippen LogP contribution in [0.25, 0.3) is 0 Å². The Kier molecular flexibility index (Phi) is 4.97. The molecule has 134 valence electrons. The fraction of sp³-hybridized carbons (Fsp3) is 0.474. The Hall–Kier alpha value is -2.50. The summed E-state index contributed by atoms with van der Waals surface area (Å²) >= 11 is 0. The predicted molar refractivity (Wildman–Crippen MR) is 98.3 cm³/mol. The summed E-state index contributed by atoms with van der Waals surface area (Å²) in [6, 6.07) is 4.13. The molecule has 0 aliphatic carbocycles. The number of benzene rings is 1. The molecule has 25 heavy (non-hydrogen) atoms. The van der Waals surface area contributed by atoms with E-state index in [4.69, 9.17) is 4.74 Å². The first-order valence-corrected chi connectivity index (χ1v) is 8.70. The molecule has 1 aromatic carbocycles. The molecule has 1 fully saturated rings. The van der Waals surface area contributed by atoms with Gasteiger partial charge in [0.2, 0.25) is 0 Å². The van der Waals surface area contributed by atoms with Crippen LogP contribution in [0.3, 0.4) is 0 Å². The van der Waals surface area contributed by atoms with Gasteiger partial charge in [0, 0.05) is 30.5 Å². The van der Waals surface area contributed by atoms with Crippen LogP contribution in [0.4, 0.5) is 10.5 Å². The number of methoxy groups -OCH3 is 1. The van der Waals surface area contributed by atoms with Gasteiger partial charge in [-0.15, -0.1) is 0 Å². The van der Waals surface area contributed by atoms with Gasteiger partial charge in [-0.25, -0.2) is 4.79 Å². The van der Waals surface area contributed by atoms with E-state index in [1.807, 2.05) is 54.9 Å². The Morgan fingerprint density at radius 2 is 2.08 bits per heavy atom. The van der Waals surface area contributed by atoms with Crippen molar-refractivity contribution in [3.8, 4) is 5.75 Å². The first-order valence-electron chi connectivity index (χ1n) is 8.70. The summed E-state index contributed by atoms with van der Waals surface area (Å²) in [6.07, 6.45) is 5.93. The highest BCUT2D eigenvalue weighted by atomic mass is 16.5. The number of nitrogens with one attached hydrogen (secondary N) is 1. The minimum absolute atomic E-state index is 0.0654. The fourth-order valence-corrected chi connectivity index (χ4v) is 3.35. The third-order valence-corrected chi connectivity index (χ3v) is 4.75. The molecule has 1 aliphatic heterocycles. The van der Waals surface area contributed by atoms with Crippen LogP contribution in [0, 0.1) is 20.8 Å². The predicted octanol–water partition coefficient (Wildman–Crippen LogP) is 3.69. The van der Waals surface area contributed by atoms with E-state index in [0.717, 1.165) is 47.5 Å². The summed E-state index contributed by atoms with van der Waals surface area (Å²) < 4.78 is 7.38. The first kappa shape index (κ1) is 17.3. The summed E-state index contributed by atoms with van der Waals surface area (Å²) in [5.74, 6) is 0.791. The Labute approximate surface area is 148 Å². The molecule has 1 atom stereocenters. The molecule has 0 saturated carbocycles. The Morgan fingerprint density at radius 3 is 2.76 bits per heavy atom. The molecule has 1 saturated heterocycles. The van der Waals surface area contributed by atoms with E-state index in [9.17, 15) is 4.79 Å². The third-order valence-electron chi connectivity index (χ3n) is 4.75. The number of anilines is 1. The number of rotatable bonds is 3. The van der Waals surface area contributed by atoms with Gasteiger partial charge in [0.1, 0.15) is 5.75 Å². The quantitative estimate of drug-likeness (QED) is 0.925. The summed E-state index contributed by atoms with van der Waals surface area (Å²) in [5.41, 5.74) is 3.95. The van der Waals surface area contributed by atoms with Crippen LogP contribution >= 0.6 is 0 Å². The van der Waals surface area contributed by atoms with Gasteiger partial charge in [-0.2, -0.15) is 5.10 Å². The van der Waals surface area contributed by atoms with E-state index in [-0.39, 0.29) is 12.1 Å². The highest BCUT2D eigenvalue weighted by Crippen LogP contribution is 2.28. The standard InChI is InChI=1S/C19H26N4O2/c1-13-8-17(15(3)18(9-13)25-4)21-19(24)22-7-5-6-16(12-22)23-11-14(2)10-20-23/h8-11,16H,5-7,12H2,1-4H3,(H,21,24)/t16-/m0/s1. The molecule has 0 unspecified atom stereocenters. The minimum Gasteiger partial charge on any atom is -0.496 e. The normalized spacial score (nSPS) is 17.4. The number of carbonyl (C=O) groups excluding carboxylic acids is 1. The smallest absolute Gasteiger partial charge is 0.321 e. The summed E-state index contributed by atoms with van der Waals surface area (Å²) in [7, 11) is 1.65. The van der Waals surface area contributed by atoms with Gasteiger partial charge in [-0.3, -0.25) is 4.68 Å². The maximum atomic E-state index is 12.8. The largest absolute Gasteiger partial charge is 0.496 e. The van der Waals surface area contributed by atoms with E-state index in [2.05, 4.69) is 10.4 Å². The zero-order valence-electron chi connectivity index (χ0n) is 15.4. The Balaban J connectivity index is 1.72. The van der Waals surface area contributed by atoms with Crippen molar-refractivity contribution in [3.05, 3.63) is 41.2 Å². The number of piperidine rings is 1. The molecule has 2 aromatic rings. The lowest BCUT2D eigenvalue weighted by molar-refractivity contribution is 0.174. The van der Waals surface area contributed by atoms with Crippen LogP contribution in [-0.2, 0) is 0 Å². The van der Waals surface area contributed by atoms with E-state index >= 15 is 0 Å². The van der Waals surface area contributed by atoms with Crippen molar-refractivity contribution in [2.45, 2.75) is 39.7 Å². The average Bonchev–Trinajstić information content (AvgIpc) is 3.04. The monoisotopic (exact) mass is 342 g/mol. The van der Waals surface area contributed by atoms with E-state index in [0.29, 0.717) is 6.54 Å². The maximum absolute atomic E-state index is 12.8. The number of aromatic nitrogens is 2. The van der Waals surface area contributed by atoms with Gasteiger partial charge in [-0.1, -0.05) is 0 Å². The number of amides is 2. The van der Waals surface area contributed by atoms with Crippen LogP contribution in [0.1, 0.15) is 35.6 Å².